The molecule has 2 aromatic rings. The van der Waals surface area contributed by atoms with Gasteiger partial charge in [-0.1, -0.05) is 22.0 Å². The Labute approximate surface area is 137 Å². The van der Waals surface area contributed by atoms with Crippen molar-refractivity contribution < 1.29 is 4.74 Å². The fraction of sp³-hybridized carbons (Fsp3) is 0.143. The molecule has 2 N–H and O–H groups in total. The van der Waals surface area contributed by atoms with Crippen LogP contribution in [0.25, 0.3) is 0 Å². The van der Waals surface area contributed by atoms with Crippen molar-refractivity contribution in [3.05, 3.63) is 55.4 Å². The van der Waals surface area contributed by atoms with Gasteiger partial charge in [0.05, 0.1) is 8.95 Å². The lowest BCUT2D eigenvalue weighted by atomic mass is 10.1. The second kappa shape index (κ2) is 6.39. The van der Waals surface area contributed by atoms with E-state index in [2.05, 4.69) is 47.8 Å². The number of hydrogen-bond acceptors (Lipinski definition) is 2. The van der Waals surface area contributed by atoms with Crippen LogP contribution in [-0.2, 0) is 0 Å². The third-order valence-corrected chi connectivity index (χ3v) is 4.33. The molecule has 0 spiro atoms. The van der Waals surface area contributed by atoms with Crippen molar-refractivity contribution in [2.75, 3.05) is 0 Å². The van der Waals surface area contributed by atoms with E-state index in [0.29, 0.717) is 0 Å². The molecule has 0 aliphatic heterocycles. The van der Waals surface area contributed by atoms with Crippen LogP contribution in [-0.4, -0.2) is 0 Å². The van der Waals surface area contributed by atoms with E-state index in [1.165, 1.54) is 0 Å². The molecule has 2 rings (SSSR count). The van der Waals surface area contributed by atoms with Crippen LogP contribution >= 0.6 is 47.8 Å². The summed E-state index contributed by atoms with van der Waals surface area (Å²) in [6.45, 7) is 1.95. The van der Waals surface area contributed by atoms with E-state index >= 15 is 0 Å². The third kappa shape index (κ3) is 3.81. The van der Waals surface area contributed by atoms with Gasteiger partial charge in [0.15, 0.2) is 0 Å². The van der Waals surface area contributed by atoms with E-state index in [9.17, 15) is 0 Å². The highest BCUT2D eigenvalue weighted by Crippen LogP contribution is 2.36. The molecule has 0 bridgehead atoms. The van der Waals surface area contributed by atoms with Crippen LogP contribution in [0.2, 0.25) is 0 Å². The largest absolute Gasteiger partial charge is 0.455 e. The van der Waals surface area contributed by atoms with Gasteiger partial charge in [0, 0.05) is 10.5 Å². The van der Waals surface area contributed by atoms with Gasteiger partial charge in [-0.15, -0.1) is 0 Å². The van der Waals surface area contributed by atoms with Gasteiger partial charge in [-0.2, -0.15) is 0 Å². The summed E-state index contributed by atoms with van der Waals surface area (Å²) in [4.78, 5) is 0. The summed E-state index contributed by atoms with van der Waals surface area (Å²) < 4.78 is 8.65. The molecule has 0 heterocycles. The van der Waals surface area contributed by atoms with Crippen LogP contribution < -0.4 is 10.5 Å². The van der Waals surface area contributed by atoms with Crippen molar-refractivity contribution in [3.8, 4) is 11.5 Å². The minimum atomic E-state index is 0.00441. The molecule has 2 aromatic carbocycles. The first-order chi connectivity index (χ1) is 8.97. The molecule has 0 saturated heterocycles. The van der Waals surface area contributed by atoms with Crippen molar-refractivity contribution >= 4 is 47.8 Å². The van der Waals surface area contributed by atoms with Gasteiger partial charge in [-0.3, -0.25) is 0 Å². The third-order valence-electron chi connectivity index (χ3n) is 2.60. The number of rotatable bonds is 3. The maximum absolute atomic E-state index is 5.87. The van der Waals surface area contributed by atoms with Crippen molar-refractivity contribution in [2.45, 2.75) is 13.0 Å². The zero-order valence-electron chi connectivity index (χ0n) is 10.2. The van der Waals surface area contributed by atoms with E-state index in [-0.39, 0.29) is 6.04 Å². The van der Waals surface area contributed by atoms with Gasteiger partial charge in [-0.25, -0.2) is 0 Å². The van der Waals surface area contributed by atoms with Gasteiger partial charge in [-0.05, 0) is 74.7 Å². The lowest BCUT2D eigenvalue weighted by molar-refractivity contribution is 0.476. The highest BCUT2D eigenvalue weighted by molar-refractivity contribution is 9.11. The molecule has 1 atom stereocenters. The van der Waals surface area contributed by atoms with E-state index < -0.39 is 0 Å². The molecule has 0 aromatic heterocycles. The van der Waals surface area contributed by atoms with Crippen molar-refractivity contribution in [1.82, 2.24) is 0 Å². The smallest absolute Gasteiger partial charge is 0.141 e. The molecule has 2 nitrogen and oxygen atoms in total. The second-order valence-electron chi connectivity index (χ2n) is 4.16. The topological polar surface area (TPSA) is 35.2 Å². The minimum absolute atomic E-state index is 0.00441. The monoisotopic (exact) mass is 447 g/mol. The van der Waals surface area contributed by atoms with E-state index in [1.807, 2.05) is 43.3 Å². The predicted molar refractivity (Wildman–Crippen MR) is 88.7 cm³/mol. The summed E-state index contributed by atoms with van der Waals surface area (Å²) in [7, 11) is 0. The van der Waals surface area contributed by atoms with Crippen molar-refractivity contribution in [1.29, 1.82) is 0 Å². The molecule has 0 aliphatic carbocycles. The first-order valence-electron chi connectivity index (χ1n) is 5.65. The number of halogens is 3. The van der Waals surface area contributed by atoms with Crippen LogP contribution in [0.3, 0.4) is 0 Å². The molecular formula is C14H12Br3NO. The molecule has 1 unspecified atom stereocenters. The average molecular weight is 450 g/mol. The van der Waals surface area contributed by atoms with Gasteiger partial charge >= 0.3 is 0 Å². The van der Waals surface area contributed by atoms with Crippen LogP contribution in [0.4, 0.5) is 0 Å². The predicted octanol–water partition coefficient (Wildman–Crippen LogP) is 5.79. The molecule has 19 heavy (non-hydrogen) atoms. The SMILES string of the molecule is CC(N)c1ccc(Oc2ccc(Br)cc2Br)c(Br)c1. The molecule has 0 radical (unpaired) electrons. The molecule has 5 heteroatoms. The Hall–Kier alpha value is -0.360. The Morgan fingerprint density at radius 3 is 2.05 bits per heavy atom. The molecule has 0 amide bonds. The summed E-state index contributed by atoms with van der Waals surface area (Å²) in [6, 6.07) is 11.6. The highest BCUT2D eigenvalue weighted by atomic mass is 79.9. The van der Waals surface area contributed by atoms with Crippen molar-refractivity contribution in [3.63, 3.8) is 0 Å². The molecule has 0 fully saturated rings. The normalized spacial score (nSPS) is 12.3. The van der Waals surface area contributed by atoms with E-state index in [1.54, 1.807) is 0 Å². The Kier molecular flexibility index (Phi) is 5.06. The molecule has 0 aliphatic rings. The molecule has 0 saturated carbocycles. The zero-order valence-corrected chi connectivity index (χ0v) is 14.9. The summed E-state index contributed by atoms with van der Waals surface area (Å²) in [6.07, 6.45) is 0. The van der Waals surface area contributed by atoms with Gasteiger partial charge in [0.25, 0.3) is 0 Å². The lowest BCUT2D eigenvalue weighted by Gasteiger charge is -2.12. The fourth-order valence-electron chi connectivity index (χ4n) is 1.56. The van der Waals surface area contributed by atoms with Gasteiger partial charge in [0.2, 0.25) is 0 Å². The second-order valence-corrected chi connectivity index (χ2v) is 6.78. The van der Waals surface area contributed by atoms with Crippen LogP contribution in [0.5, 0.6) is 11.5 Å². The average Bonchev–Trinajstić information content (AvgIpc) is 2.34. The molecular weight excluding hydrogens is 438 g/mol. The quantitative estimate of drug-likeness (QED) is 0.644. The molecule has 100 valence electrons. The zero-order chi connectivity index (χ0) is 14.0. The standard InChI is InChI=1S/C14H12Br3NO/c1-8(18)9-2-4-13(11(16)6-9)19-14-5-3-10(15)7-12(14)17/h2-8H,18H2,1H3. The number of hydrogen-bond donors (Lipinski definition) is 1. The van der Waals surface area contributed by atoms with E-state index in [4.69, 9.17) is 10.5 Å². The summed E-state index contributed by atoms with van der Waals surface area (Å²) in [5.41, 5.74) is 6.92. The van der Waals surface area contributed by atoms with Crippen molar-refractivity contribution in [2.24, 2.45) is 5.73 Å². The van der Waals surface area contributed by atoms with E-state index in [0.717, 1.165) is 30.5 Å². The highest BCUT2D eigenvalue weighted by Gasteiger charge is 2.08. The maximum Gasteiger partial charge on any atom is 0.141 e. The Morgan fingerprint density at radius 1 is 0.947 bits per heavy atom. The Bertz CT molecular complexity index is 599. The number of benzene rings is 2. The van der Waals surface area contributed by atoms with Crippen LogP contribution in [0, 0.1) is 0 Å². The Balaban J connectivity index is 2.28. The number of nitrogens with two attached hydrogens (primary N) is 1. The first-order valence-corrected chi connectivity index (χ1v) is 8.03. The number of ether oxygens (including phenoxy) is 1. The summed E-state index contributed by atoms with van der Waals surface area (Å²) >= 11 is 10.4. The Morgan fingerprint density at radius 2 is 1.53 bits per heavy atom. The minimum Gasteiger partial charge on any atom is -0.455 e. The lowest BCUT2D eigenvalue weighted by Crippen LogP contribution is -2.04. The first kappa shape index (κ1) is 15.0. The van der Waals surface area contributed by atoms with Gasteiger partial charge < -0.3 is 10.5 Å². The van der Waals surface area contributed by atoms with Crippen LogP contribution in [0.1, 0.15) is 18.5 Å². The van der Waals surface area contributed by atoms with Crippen LogP contribution in [0.15, 0.2) is 49.8 Å². The maximum atomic E-state index is 5.87. The summed E-state index contributed by atoms with van der Waals surface area (Å²) in [5, 5.41) is 0. The van der Waals surface area contributed by atoms with Gasteiger partial charge in [0.1, 0.15) is 11.5 Å². The fourth-order valence-corrected chi connectivity index (χ4v) is 3.16. The summed E-state index contributed by atoms with van der Waals surface area (Å²) in [5.74, 6) is 1.52.